The average Bonchev–Trinajstić information content (AvgIpc) is 1.96. The lowest BCUT2D eigenvalue weighted by Crippen LogP contribution is -1.98. The first-order valence-electron chi connectivity index (χ1n) is 2.83. The van der Waals surface area contributed by atoms with Crippen LogP contribution in [0.1, 0.15) is 0 Å². The van der Waals surface area contributed by atoms with E-state index in [1.165, 1.54) is 12.1 Å². The molecule has 12 heavy (non-hydrogen) atoms. The van der Waals surface area contributed by atoms with E-state index in [1.54, 1.807) is 0 Å². The lowest BCUT2D eigenvalue weighted by atomic mass is 10.3. The van der Waals surface area contributed by atoms with Gasteiger partial charge in [0.2, 0.25) is 0 Å². The number of hydrogen-bond acceptors (Lipinski definition) is 3. The van der Waals surface area contributed by atoms with Gasteiger partial charge >= 0.3 is 0 Å². The summed E-state index contributed by atoms with van der Waals surface area (Å²) >= 11 is 5.96. The van der Waals surface area contributed by atoms with Crippen LogP contribution < -0.4 is 5.11 Å². The van der Waals surface area contributed by atoms with Gasteiger partial charge in [-0.3, -0.25) is 10.1 Å². The Morgan fingerprint density at radius 1 is 1.33 bits per heavy atom. The molecular formula is C6H2Br2NO3-. The van der Waals surface area contributed by atoms with Gasteiger partial charge in [-0.1, -0.05) is 31.9 Å². The van der Waals surface area contributed by atoms with Crippen LogP contribution in [-0.4, -0.2) is 4.92 Å². The van der Waals surface area contributed by atoms with Crippen LogP contribution >= 0.6 is 31.9 Å². The second-order valence-corrected chi connectivity index (χ2v) is 3.76. The number of nitro groups is 1. The van der Waals surface area contributed by atoms with Crippen LogP contribution in [0.25, 0.3) is 0 Å². The fraction of sp³-hybridized carbons (Fsp3) is 0. The van der Waals surface area contributed by atoms with Gasteiger partial charge in [-0.2, -0.15) is 0 Å². The first-order chi connectivity index (χ1) is 5.52. The highest BCUT2D eigenvalue weighted by Gasteiger charge is 2.09. The molecule has 0 N–H and O–H groups in total. The van der Waals surface area contributed by atoms with Crippen LogP contribution in [0, 0.1) is 10.1 Å². The molecule has 0 saturated carbocycles. The molecule has 0 amide bonds. The van der Waals surface area contributed by atoms with Crippen LogP contribution in [0.2, 0.25) is 0 Å². The summed E-state index contributed by atoms with van der Waals surface area (Å²) in [6.07, 6.45) is 0. The van der Waals surface area contributed by atoms with Gasteiger partial charge in [0.1, 0.15) is 0 Å². The quantitative estimate of drug-likeness (QED) is 0.589. The molecule has 0 unspecified atom stereocenters. The topological polar surface area (TPSA) is 66.2 Å². The Hall–Kier alpha value is -0.620. The van der Waals surface area contributed by atoms with Gasteiger partial charge in [0.25, 0.3) is 5.69 Å². The average molecular weight is 296 g/mol. The number of halogens is 2. The molecule has 0 atom stereocenters. The summed E-state index contributed by atoms with van der Waals surface area (Å²) in [5.41, 5.74) is -0.434. The van der Waals surface area contributed by atoms with E-state index in [2.05, 4.69) is 31.9 Å². The molecule has 0 radical (unpaired) electrons. The number of benzene rings is 1. The smallest absolute Gasteiger partial charge is 0.263 e. The van der Waals surface area contributed by atoms with Crippen molar-refractivity contribution in [3.63, 3.8) is 0 Å². The third-order valence-electron chi connectivity index (χ3n) is 1.19. The Labute approximate surface area is 84.6 Å². The molecule has 0 saturated heterocycles. The Bertz CT molecular complexity index is 340. The van der Waals surface area contributed by atoms with Crippen molar-refractivity contribution < 1.29 is 10.0 Å². The first-order valence-corrected chi connectivity index (χ1v) is 4.41. The maximum Gasteiger partial charge on any atom is 0.263 e. The predicted octanol–water partition coefficient (Wildman–Crippen LogP) is 2.19. The zero-order valence-corrected chi connectivity index (χ0v) is 8.75. The van der Waals surface area contributed by atoms with Crippen LogP contribution in [0.4, 0.5) is 5.69 Å². The summed E-state index contributed by atoms with van der Waals surface area (Å²) in [6, 6.07) is 2.64. The highest BCUT2D eigenvalue weighted by molar-refractivity contribution is 9.11. The Balaban J connectivity index is 3.37. The molecule has 0 aliphatic rings. The third-order valence-corrected chi connectivity index (χ3v) is 2.23. The van der Waals surface area contributed by atoms with Crippen molar-refractivity contribution in [3.05, 3.63) is 31.2 Å². The lowest BCUT2D eigenvalue weighted by Gasteiger charge is -2.08. The summed E-state index contributed by atoms with van der Waals surface area (Å²) in [7, 11) is 0. The lowest BCUT2D eigenvalue weighted by molar-refractivity contribution is -0.398. The molecule has 0 bridgehead atoms. The Kier molecular flexibility index (Phi) is 2.69. The second-order valence-electron chi connectivity index (χ2n) is 1.99. The Morgan fingerprint density at radius 3 is 2.42 bits per heavy atom. The third kappa shape index (κ3) is 1.75. The monoisotopic (exact) mass is 294 g/mol. The molecule has 6 heteroatoms. The van der Waals surface area contributed by atoms with Crippen molar-refractivity contribution in [1.82, 2.24) is 0 Å². The van der Waals surface area contributed by atoms with Crippen molar-refractivity contribution in [3.8, 4) is 5.75 Å². The van der Waals surface area contributed by atoms with E-state index in [4.69, 9.17) is 0 Å². The maximum absolute atomic E-state index is 11.1. The van der Waals surface area contributed by atoms with Crippen LogP contribution in [0.15, 0.2) is 21.1 Å². The highest BCUT2D eigenvalue weighted by atomic mass is 79.9. The fourth-order valence-electron chi connectivity index (χ4n) is 0.682. The normalized spacial score (nSPS) is 9.83. The summed E-state index contributed by atoms with van der Waals surface area (Å²) in [6.45, 7) is 0. The molecule has 64 valence electrons. The second kappa shape index (κ2) is 3.40. The minimum Gasteiger partial charge on any atom is -0.867 e. The molecule has 4 nitrogen and oxygen atoms in total. The Morgan fingerprint density at radius 2 is 1.92 bits per heavy atom. The fourth-order valence-corrected chi connectivity index (χ4v) is 1.89. The van der Waals surface area contributed by atoms with Gasteiger partial charge in [0.05, 0.1) is 4.92 Å². The van der Waals surface area contributed by atoms with Crippen molar-refractivity contribution in [2.45, 2.75) is 0 Å². The molecule has 0 spiro atoms. The summed E-state index contributed by atoms with van der Waals surface area (Å²) in [5, 5.41) is 21.3. The van der Waals surface area contributed by atoms with Crippen molar-refractivity contribution >= 4 is 37.5 Å². The van der Waals surface area contributed by atoms with E-state index < -0.39 is 16.4 Å². The molecule has 1 aromatic carbocycles. The molecule has 0 aromatic heterocycles. The van der Waals surface area contributed by atoms with E-state index in [-0.39, 0.29) is 4.47 Å². The summed E-state index contributed by atoms with van der Waals surface area (Å²) < 4.78 is 0.684. The largest absolute Gasteiger partial charge is 0.867 e. The van der Waals surface area contributed by atoms with E-state index >= 15 is 0 Å². The predicted molar refractivity (Wildman–Crippen MR) is 47.9 cm³/mol. The van der Waals surface area contributed by atoms with Gasteiger partial charge < -0.3 is 5.11 Å². The van der Waals surface area contributed by atoms with E-state index in [0.717, 1.165) is 0 Å². The molecular weight excluding hydrogens is 294 g/mol. The number of rotatable bonds is 1. The molecule has 0 heterocycles. The summed E-state index contributed by atoms with van der Waals surface area (Å²) in [4.78, 5) is 9.58. The SMILES string of the molecule is O=[N+]([O-])c1cc(Br)cc(Br)c1[O-]. The van der Waals surface area contributed by atoms with Gasteiger partial charge in [0, 0.05) is 15.0 Å². The first kappa shape index (κ1) is 9.47. The van der Waals surface area contributed by atoms with E-state index in [9.17, 15) is 15.2 Å². The molecule has 0 aliphatic carbocycles. The van der Waals surface area contributed by atoms with Crippen LogP contribution in [0.3, 0.4) is 0 Å². The standard InChI is InChI=1S/C6H3Br2NO3/c7-3-1-4(8)6(10)5(2-3)9(11)12/h1-2,10H/p-1. The van der Waals surface area contributed by atoms with Gasteiger partial charge in [-0.05, 0) is 11.8 Å². The summed E-state index contributed by atoms with van der Waals surface area (Å²) in [5.74, 6) is -0.608. The minimum atomic E-state index is -0.710. The highest BCUT2D eigenvalue weighted by Crippen LogP contribution is 2.34. The van der Waals surface area contributed by atoms with Crippen LogP contribution in [0.5, 0.6) is 5.75 Å². The van der Waals surface area contributed by atoms with Crippen LogP contribution in [-0.2, 0) is 0 Å². The molecule has 0 aliphatic heterocycles. The molecule has 1 rings (SSSR count). The van der Waals surface area contributed by atoms with E-state index in [1.807, 2.05) is 0 Å². The van der Waals surface area contributed by atoms with Gasteiger partial charge in [-0.15, -0.1) is 0 Å². The van der Waals surface area contributed by atoms with Gasteiger partial charge in [0.15, 0.2) is 0 Å². The minimum absolute atomic E-state index is 0.184. The van der Waals surface area contributed by atoms with Crippen molar-refractivity contribution in [1.29, 1.82) is 0 Å². The molecule has 1 aromatic rings. The van der Waals surface area contributed by atoms with Crippen molar-refractivity contribution in [2.75, 3.05) is 0 Å². The number of nitrogens with zero attached hydrogens (tertiary/aromatic N) is 1. The van der Waals surface area contributed by atoms with E-state index in [0.29, 0.717) is 4.47 Å². The molecule has 0 fully saturated rings. The number of nitro benzene ring substituents is 1. The maximum atomic E-state index is 11.1. The zero-order valence-electron chi connectivity index (χ0n) is 5.58. The zero-order chi connectivity index (χ0) is 9.30. The van der Waals surface area contributed by atoms with Gasteiger partial charge in [-0.25, -0.2) is 0 Å². The van der Waals surface area contributed by atoms with Crippen molar-refractivity contribution in [2.24, 2.45) is 0 Å². The number of hydrogen-bond donors (Lipinski definition) is 0.